The van der Waals surface area contributed by atoms with Crippen molar-refractivity contribution >= 4 is 27.5 Å². The zero-order chi connectivity index (χ0) is 22.2. The Balaban J connectivity index is 1.49. The van der Waals surface area contributed by atoms with Gasteiger partial charge in [-0.25, -0.2) is 8.42 Å². The Hall–Kier alpha value is -3.59. The minimum atomic E-state index is -3.40. The van der Waals surface area contributed by atoms with E-state index in [4.69, 9.17) is 0 Å². The van der Waals surface area contributed by atoms with Crippen molar-refractivity contribution in [3.63, 3.8) is 0 Å². The standard InChI is InChI=1S/C22H22N4O4S/c1-15-13-17-14-16(9-10-19(17)26(15)31(2,29)30)21(27)23-24-22(28)18-7-3-4-8-20(18)25-11-5-6-12-25/h3-12,14-15H,13H2,1-2H3,(H,23,27)(H,24,28)/t15-/m1/s1. The molecule has 1 aliphatic rings. The van der Waals surface area contributed by atoms with Crippen molar-refractivity contribution in [3.05, 3.63) is 83.7 Å². The molecule has 0 radical (unpaired) electrons. The van der Waals surface area contributed by atoms with E-state index in [2.05, 4.69) is 10.9 Å². The molecule has 31 heavy (non-hydrogen) atoms. The van der Waals surface area contributed by atoms with Crippen molar-refractivity contribution in [2.45, 2.75) is 19.4 Å². The topological polar surface area (TPSA) is 101 Å². The number of sulfonamides is 1. The number of carbonyl (C=O) groups excluding carboxylic acids is 2. The molecule has 4 rings (SSSR count). The average molecular weight is 439 g/mol. The fraction of sp³-hybridized carbons (Fsp3) is 0.182. The minimum absolute atomic E-state index is 0.215. The average Bonchev–Trinajstić information content (AvgIpc) is 3.37. The van der Waals surface area contributed by atoms with Crippen molar-refractivity contribution in [3.8, 4) is 5.69 Å². The molecule has 8 nitrogen and oxygen atoms in total. The molecular formula is C22H22N4O4S. The number of hydrazine groups is 1. The van der Waals surface area contributed by atoms with E-state index in [1.54, 1.807) is 30.3 Å². The van der Waals surface area contributed by atoms with Gasteiger partial charge in [0.05, 0.1) is 23.2 Å². The highest BCUT2D eigenvalue weighted by Gasteiger charge is 2.32. The van der Waals surface area contributed by atoms with Crippen LogP contribution in [0.3, 0.4) is 0 Å². The normalized spacial score (nSPS) is 15.4. The SMILES string of the molecule is C[C@@H]1Cc2cc(C(=O)NNC(=O)c3ccccc3-n3cccc3)ccc2N1S(C)(=O)=O. The van der Waals surface area contributed by atoms with E-state index in [1.165, 1.54) is 10.6 Å². The van der Waals surface area contributed by atoms with Crippen molar-refractivity contribution in [2.24, 2.45) is 0 Å². The fourth-order valence-electron chi connectivity index (χ4n) is 3.89. The monoisotopic (exact) mass is 438 g/mol. The quantitative estimate of drug-likeness (QED) is 0.610. The summed E-state index contributed by atoms with van der Waals surface area (Å²) in [5.74, 6) is -0.935. The molecule has 1 aliphatic heterocycles. The molecule has 160 valence electrons. The van der Waals surface area contributed by atoms with Crippen LogP contribution in [-0.4, -0.2) is 37.1 Å². The fourth-order valence-corrected chi connectivity index (χ4v) is 5.15. The summed E-state index contributed by atoms with van der Waals surface area (Å²) in [4.78, 5) is 25.3. The van der Waals surface area contributed by atoms with E-state index < -0.39 is 21.8 Å². The van der Waals surface area contributed by atoms with Crippen LogP contribution in [0.15, 0.2) is 67.0 Å². The Morgan fingerprint density at radius 1 is 0.935 bits per heavy atom. The second-order valence-electron chi connectivity index (χ2n) is 7.47. The number of aromatic nitrogens is 1. The maximum absolute atomic E-state index is 12.7. The van der Waals surface area contributed by atoms with Crippen molar-refractivity contribution in [1.82, 2.24) is 15.4 Å². The van der Waals surface area contributed by atoms with Gasteiger partial charge in [0.2, 0.25) is 10.0 Å². The highest BCUT2D eigenvalue weighted by atomic mass is 32.2. The molecule has 0 saturated heterocycles. The predicted molar refractivity (Wildman–Crippen MR) is 118 cm³/mol. The first kappa shape index (κ1) is 20.7. The second-order valence-corrected chi connectivity index (χ2v) is 9.33. The van der Waals surface area contributed by atoms with E-state index in [0.717, 1.165) is 5.56 Å². The number of nitrogens with zero attached hydrogens (tertiary/aromatic N) is 2. The lowest BCUT2D eigenvalue weighted by Gasteiger charge is -2.21. The maximum atomic E-state index is 12.7. The largest absolute Gasteiger partial charge is 0.323 e. The number of fused-ring (bicyclic) bond motifs is 1. The number of para-hydroxylation sites is 1. The molecule has 3 aromatic rings. The van der Waals surface area contributed by atoms with Gasteiger partial charge in [-0.1, -0.05) is 12.1 Å². The summed E-state index contributed by atoms with van der Waals surface area (Å²) in [6.45, 7) is 1.82. The third-order valence-corrected chi connectivity index (χ3v) is 6.44. The number of anilines is 1. The van der Waals surface area contributed by atoms with E-state index in [0.29, 0.717) is 28.9 Å². The van der Waals surface area contributed by atoms with Crippen LogP contribution in [0.4, 0.5) is 5.69 Å². The van der Waals surface area contributed by atoms with Crippen LogP contribution in [0.2, 0.25) is 0 Å². The van der Waals surface area contributed by atoms with Gasteiger partial charge in [-0.15, -0.1) is 0 Å². The van der Waals surface area contributed by atoms with E-state index >= 15 is 0 Å². The summed E-state index contributed by atoms with van der Waals surface area (Å²) in [6, 6.07) is 15.4. The molecule has 0 unspecified atom stereocenters. The van der Waals surface area contributed by atoms with E-state index in [9.17, 15) is 18.0 Å². The van der Waals surface area contributed by atoms with E-state index in [1.807, 2.05) is 48.1 Å². The molecule has 2 heterocycles. The first-order chi connectivity index (χ1) is 14.8. The Labute approximate surface area is 180 Å². The number of benzene rings is 2. The molecule has 0 aliphatic carbocycles. The number of carbonyl (C=O) groups is 2. The van der Waals surface area contributed by atoms with Crippen LogP contribution in [0.25, 0.3) is 5.69 Å². The molecule has 1 atom stereocenters. The summed E-state index contributed by atoms with van der Waals surface area (Å²) in [6.07, 6.45) is 5.34. The third kappa shape index (κ3) is 4.04. The number of nitrogens with one attached hydrogen (secondary N) is 2. The maximum Gasteiger partial charge on any atom is 0.271 e. The molecule has 9 heteroatoms. The molecule has 0 saturated carbocycles. The zero-order valence-electron chi connectivity index (χ0n) is 17.1. The zero-order valence-corrected chi connectivity index (χ0v) is 17.9. The van der Waals surface area contributed by atoms with Crippen LogP contribution >= 0.6 is 0 Å². The third-order valence-electron chi connectivity index (χ3n) is 5.17. The lowest BCUT2D eigenvalue weighted by Crippen LogP contribution is -2.42. The molecule has 2 N–H and O–H groups in total. The molecular weight excluding hydrogens is 416 g/mol. The summed E-state index contributed by atoms with van der Waals surface area (Å²) in [7, 11) is -3.40. The van der Waals surface area contributed by atoms with Crippen molar-refractivity contribution in [1.29, 1.82) is 0 Å². The first-order valence-electron chi connectivity index (χ1n) is 9.71. The number of hydrogen-bond donors (Lipinski definition) is 2. The van der Waals surface area contributed by atoms with Gasteiger partial charge < -0.3 is 4.57 Å². The van der Waals surface area contributed by atoms with Gasteiger partial charge in [-0.05, 0) is 61.4 Å². The summed E-state index contributed by atoms with van der Waals surface area (Å²) < 4.78 is 27.3. The number of amides is 2. The molecule has 0 spiro atoms. The lowest BCUT2D eigenvalue weighted by atomic mass is 10.1. The van der Waals surface area contributed by atoms with Crippen LogP contribution in [0, 0.1) is 0 Å². The first-order valence-corrected chi connectivity index (χ1v) is 11.6. The molecule has 0 fully saturated rings. The predicted octanol–water partition coefficient (Wildman–Crippen LogP) is 2.26. The number of hydrogen-bond acceptors (Lipinski definition) is 4. The molecule has 1 aromatic heterocycles. The molecule has 0 bridgehead atoms. The Morgan fingerprint density at radius 3 is 2.32 bits per heavy atom. The van der Waals surface area contributed by atoms with Crippen LogP contribution in [-0.2, 0) is 16.4 Å². The lowest BCUT2D eigenvalue weighted by molar-refractivity contribution is 0.0846. The Bertz CT molecular complexity index is 1250. The summed E-state index contributed by atoms with van der Waals surface area (Å²) >= 11 is 0. The molecule has 2 aromatic carbocycles. The van der Waals surface area contributed by atoms with Gasteiger partial charge in [-0.3, -0.25) is 24.7 Å². The summed E-state index contributed by atoms with van der Waals surface area (Å²) in [5.41, 5.74) is 7.67. The van der Waals surface area contributed by atoms with E-state index in [-0.39, 0.29) is 6.04 Å². The van der Waals surface area contributed by atoms with Gasteiger partial charge >= 0.3 is 0 Å². The van der Waals surface area contributed by atoms with Gasteiger partial charge in [0.25, 0.3) is 11.8 Å². The Morgan fingerprint density at radius 2 is 1.61 bits per heavy atom. The summed E-state index contributed by atoms with van der Waals surface area (Å²) in [5, 5.41) is 0. The minimum Gasteiger partial charge on any atom is -0.323 e. The van der Waals surface area contributed by atoms with Crippen molar-refractivity contribution in [2.75, 3.05) is 10.6 Å². The highest BCUT2D eigenvalue weighted by molar-refractivity contribution is 7.92. The van der Waals surface area contributed by atoms with Gasteiger partial charge in [0, 0.05) is 24.0 Å². The van der Waals surface area contributed by atoms with Crippen molar-refractivity contribution < 1.29 is 18.0 Å². The van der Waals surface area contributed by atoms with Crippen LogP contribution < -0.4 is 15.2 Å². The highest BCUT2D eigenvalue weighted by Crippen LogP contribution is 2.34. The van der Waals surface area contributed by atoms with Crippen LogP contribution in [0.1, 0.15) is 33.2 Å². The molecule has 2 amide bonds. The van der Waals surface area contributed by atoms with Gasteiger partial charge in [-0.2, -0.15) is 0 Å². The Kier molecular flexibility index (Phi) is 5.28. The second kappa shape index (κ2) is 7.92. The smallest absolute Gasteiger partial charge is 0.271 e. The van der Waals surface area contributed by atoms with Gasteiger partial charge in [0.1, 0.15) is 0 Å². The van der Waals surface area contributed by atoms with Gasteiger partial charge in [0.15, 0.2) is 0 Å². The number of rotatable bonds is 4. The van der Waals surface area contributed by atoms with Crippen LogP contribution in [0.5, 0.6) is 0 Å².